The normalized spacial score (nSPS) is 9.88. The van der Waals surface area contributed by atoms with Crippen LogP contribution >= 0.6 is 46.4 Å². The molecule has 0 aliphatic heterocycles. The Morgan fingerprint density at radius 3 is 2.00 bits per heavy atom. The standard InChI is InChI=1S/C10H5Cl4NO2/c1-2-17-10(16)5-8(13)6(11)4(3-15)7(12)9(5)14/h2H2,1H3. The fourth-order valence-electron chi connectivity index (χ4n) is 1.11. The molecule has 3 nitrogen and oxygen atoms in total. The van der Waals surface area contributed by atoms with Gasteiger partial charge in [0.05, 0.1) is 37.8 Å². The number of rotatable bonds is 2. The summed E-state index contributed by atoms with van der Waals surface area (Å²) in [7, 11) is 0. The van der Waals surface area contributed by atoms with E-state index in [1.165, 1.54) is 0 Å². The van der Waals surface area contributed by atoms with E-state index in [0.29, 0.717) is 0 Å². The number of hydrogen-bond donors (Lipinski definition) is 0. The quantitative estimate of drug-likeness (QED) is 0.602. The molecule has 0 bridgehead atoms. The van der Waals surface area contributed by atoms with Gasteiger partial charge in [0.25, 0.3) is 0 Å². The zero-order valence-electron chi connectivity index (χ0n) is 8.48. The van der Waals surface area contributed by atoms with E-state index >= 15 is 0 Å². The van der Waals surface area contributed by atoms with Gasteiger partial charge in [0, 0.05) is 0 Å². The van der Waals surface area contributed by atoms with Crippen LogP contribution in [0.4, 0.5) is 0 Å². The Kier molecular flexibility index (Phi) is 4.91. The molecule has 1 rings (SSSR count). The molecule has 0 aromatic heterocycles. The minimum Gasteiger partial charge on any atom is -0.462 e. The lowest BCUT2D eigenvalue weighted by Gasteiger charge is -2.10. The molecule has 0 fully saturated rings. The smallest absolute Gasteiger partial charge is 0.341 e. The van der Waals surface area contributed by atoms with Crippen molar-refractivity contribution in [3.63, 3.8) is 0 Å². The third-order valence-corrected chi connectivity index (χ3v) is 3.56. The van der Waals surface area contributed by atoms with Gasteiger partial charge in [0.1, 0.15) is 6.07 Å². The Morgan fingerprint density at radius 1 is 1.18 bits per heavy atom. The molecule has 0 unspecified atom stereocenters. The SMILES string of the molecule is CCOC(=O)c1c(Cl)c(Cl)c(C#N)c(Cl)c1Cl. The first kappa shape index (κ1) is 14.4. The van der Waals surface area contributed by atoms with E-state index < -0.39 is 5.97 Å². The molecule has 0 N–H and O–H groups in total. The minimum absolute atomic E-state index is 0.0728. The van der Waals surface area contributed by atoms with Crippen LogP contribution in [0.5, 0.6) is 0 Å². The summed E-state index contributed by atoms with van der Waals surface area (Å²) in [5, 5.41) is 8.31. The van der Waals surface area contributed by atoms with Gasteiger partial charge < -0.3 is 4.74 Å². The van der Waals surface area contributed by atoms with Crippen molar-refractivity contribution in [2.75, 3.05) is 6.61 Å². The summed E-state index contributed by atoms with van der Waals surface area (Å²) in [4.78, 5) is 11.6. The molecule has 0 saturated heterocycles. The first-order chi connectivity index (χ1) is 7.95. The summed E-state index contributed by atoms with van der Waals surface area (Å²) >= 11 is 23.3. The van der Waals surface area contributed by atoms with Gasteiger partial charge in [-0.1, -0.05) is 46.4 Å². The topological polar surface area (TPSA) is 50.1 Å². The van der Waals surface area contributed by atoms with E-state index in [0.717, 1.165) is 0 Å². The van der Waals surface area contributed by atoms with Crippen molar-refractivity contribution in [3.8, 4) is 6.07 Å². The second-order valence-corrected chi connectivity index (χ2v) is 4.35. The zero-order valence-corrected chi connectivity index (χ0v) is 11.5. The summed E-state index contributed by atoms with van der Waals surface area (Å²) in [5.41, 5.74) is -0.208. The molecule has 1 aromatic carbocycles. The lowest BCUT2D eigenvalue weighted by molar-refractivity contribution is 0.0527. The highest BCUT2D eigenvalue weighted by Gasteiger charge is 2.25. The van der Waals surface area contributed by atoms with Crippen LogP contribution in [0.2, 0.25) is 20.1 Å². The van der Waals surface area contributed by atoms with E-state index in [-0.39, 0.29) is 37.8 Å². The van der Waals surface area contributed by atoms with E-state index in [2.05, 4.69) is 0 Å². The van der Waals surface area contributed by atoms with Gasteiger partial charge in [-0.2, -0.15) is 5.26 Å². The fraction of sp³-hybridized carbons (Fsp3) is 0.200. The summed E-state index contributed by atoms with van der Waals surface area (Å²) in [6.45, 7) is 1.79. The van der Waals surface area contributed by atoms with Crippen LogP contribution in [-0.4, -0.2) is 12.6 Å². The molecule has 0 aliphatic carbocycles. The maximum absolute atomic E-state index is 11.6. The predicted molar refractivity (Wildman–Crippen MR) is 67.2 cm³/mol. The molecule has 90 valence electrons. The second kappa shape index (κ2) is 5.79. The maximum atomic E-state index is 11.6. The number of benzene rings is 1. The number of nitrogens with zero attached hydrogens (tertiary/aromatic N) is 1. The number of halogens is 4. The third kappa shape index (κ3) is 2.61. The Balaban J connectivity index is 3.55. The van der Waals surface area contributed by atoms with E-state index in [1.807, 2.05) is 0 Å². The van der Waals surface area contributed by atoms with Gasteiger partial charge in [-0.3, -0.25) is 0 Å². The number of hydrogen-bond acceptors (Lipinski definition) is 3. The average molecular weight is 313 g/mol. The number of carbonyl (C=O) groups is 1. The molecule has 0 saturated carbocycles. The van der Waals surface area contributed by atoms with Crippen molar-refractivity contribution in [1.29, 1.82) is 5.26 Å². The molecule has 0 heterocycles. The second-order valence-electron chi connectivity index (χ2n) is 2.84. The lowest BCUT2D eigenvalue weighted by atomic mass is 10.1. The highest BCUT2D eigenvalue weighted by atomic mass is 35.5. The number of nitriles is 1. The van der Waals surface area contributed by atoms with Gasteiger partial charge in [0.15, 0.2) is 0 Å². The van der Waals surface area contributed by atoms with Crippen molar-refractivity contribution < 1.29 is 9.53 Å². The Morgan fingerprint density at radius 2 is 1.65 bits per heavy atom. The van der Waals surface area contributed by atoms with Crippen LogP contribution < -0.4 is 0 Å². The van der Waals surface area contributed by atoms with Crippen LogP contribution in [0.3, 0.4) is 0 Å². The molecule has 0 aliphatic rings. The zero-order chi connectivity index (χ0) is 13.2. The van der Waals surface area contributed by atoms with Gasteiger partial charge >= 0.3 is 5.97 Å². The highest BCUT2D eigenvalue weighted by molar-refractivity contribution is 6.51. The summed E-state index contributed by atoms with van der Waals surface area (Å²) in [6.07, 6.45) is 0. The largest absolute Gasteiger partial charge is 0.462 e. The Hall–Kier alpha value is -0.660. The Labute approximate surface area is 118 Å². The van der Waals surface area contributed by atoms with E-state index in [1.54, 1.807) is 13.0 Å². The molecule has 0 amide bonds. The van der Waals surface area contributed by atoms with Crippen LogP contribution in [0.25, 0.3) is 0 Å². The van der Waals surface area contributed by atoms with Gasteiger partial charge in [-0.05, 0) is 6.92 Å². The average Bonchev–Trinajstić information content (AvgIpc) is 2.28. The third-order valence-electron chi connectivity index (χ3n) is 1.85. The number of esters is 1. The molecule has 0 spiro atoms. The first-order valence-corrected chi connectivity index (χ1v) is 5.90. The monoisotopic (exact) mass is 311 g/mol. The van der Waals surface area contributed by atoms with Gasteiger partial charge in [-0.25, -0.2) is 4.79 Å². The Bertz CT molecular complexity index is 493. The van der Waals surface area contributed by atoms with Crippen molar-refractivity contribution in [3.05, 3.63) is 31.2 Å². The van der Waals surface area contributed by atoms with Crippen molar-refractivity contribution in [2.45, 2.75) is 6.92 Å². The van der Waals surface area contributed by atoms with Crippen LogP contribution in [-0.2, 0) is 4.74 Å². The first-order valence-electron chi connectivity index (χ1n) is 4.38. The van der Waals surface area contributed by atoms with Gasteiger partial charge in [-0.15, -0.1) is 0 Å². The molecule has 17 heavy (non-hydrogen) atoms. The molecular formula is C10H5Cl4NO2. The number of carbonyl (C=O) groups excluding carboxylic acids is 1. The van der Waals surface area contributed by atoms with Crippen LogP contribution in [0, 0.1) is 11.3 Å². The predicted octanol–water partition coefficient (Wildman–Crippen LogP) is 4.35. The van der Waals surface area contributed by atoms with Crippen LogP contribution in [0.15, 0.2) is 0 Å². The summed E-state index contributed by atoms with van der Waals surface area (Å²) in [6, 6.07) is 1.76. The summed E-state index contributed by atoms with van der Waals surface area (Å²) in [5.74, 6) is -0.740. The van der Waals surface area contributed by atoms with E-state index in [4.69, 9.17) is 56.4 Å². The lowest BCUT2D eigenvalue weighted by Crippen LogP contribution is -2.07. The van der Waals surface area contributed by atoms with Crippen molar-refractivity contribution in [1.82, 2.24) is 0 Å². The highest BCUT2D eigenvalue weighted by Crippen LogP contribution is 2.41. The van der Waals surface area contributed by atoms with Crippen LogP contribution in [0.1, 0.15) is 22.8 Å². The van der Waals surface area contributed by atoms with Crippen molar-refractivity contribution >= 4 is 52.4 Å². The van der Waals surface area contributed by atoms with Gasteiger partial charge in [0.2, 0.25) is 0 Å². The molecule has 7 heteroatoms. The molecule has 0 atom stereocenters. The molecule has 1 aromatic rings. The molecular weight excluding hydrogens is 308 g/mol. The maximum Gasteiger partial charge on any atom is 0.341 e. The number of ether oxygens (including phenoxy) is 1. The summed E-state index contributed by atoms with van der Waals surface area (Å²) < 4.78 is 4.77. The fourth-order valence-corrected chi connectivity index (χ4v) is 2.20. The minimum atomic E-state index is -0.740. The van der Waals surface area contributed by atoms with E-state index in [9.17, 15) is 4.79 Å². The molecule has 0 radical (unpaired) electrons. The van der Waals surface area contributed by atoms with Crippen molar-refractivity contribution in [2.24, 2.45) is 0 Å².